The fourth-order valence-electron chi connectivity index (χ4n) is 2.87. The van der Waals surface area contributed by atoms with E-state index in [1.165, 1.54) is 6.07 Å². The van der Waals surface area contributed by atoms with Crippen molar-refractivity contribution < 1.29 is 9.13 Å². The minimum atomic E-state index is -0.383. The van der Waals surface area contributed by atoms with Crippen LogP contribution in [0.5, 0.6) is 5.75 Å². The molecular weight excluding hydrogens is 327 g/mol. The quantitative estimate of drug-likeness (QED) is 0.732. The number of rotatable bonds is 5. The summed E-state index contributed by atoms with van der Waals surface area (Å²) in [5.41, 5.74) is 8.54. The Labute approximate surface area is 145 Å². The number of aryl methyl sites for hydroxylation is 1. The second kappa shape index (κ2) is 6.83. The summed E-state index contributed by atoms with van der Waals surface area (Å²) in [7, 11) is 1.94. The van der Waals surface area contributed by atoms with E-state index in [9.17, 15) is 4.39 Å². The molecule has 0 fully saturated rings. The number of hydrogen-bond donors (Lipinski definition) is 1. The molecular formula is C19H20ClFN2O. The molecule has 3 aromatic rings. The van der Waals surface area contributed by atoms with Crippen LogP contribution in [0.4, 0.5) is 4.39 Å². The van der Waals surface area contributed by atoms with Crippen molar-refractivity contribution in [2.24, 2.45) is 12.8 Å². The first-order valence-corrected chi connectivity index (χ1v) is 8.24. The maximum absolute atomic E-state index is 14.5. The van der Waals surface area contributed by atoms with Crippen molar-refractivity contribution in [3.63, 3.8) is 0 Å². The molecule has 0 aliphatic rings. The molecule has 3 nitrogen and oxygen atoms in total. The summed E-state index contributed by atoms with van der Waals surface area (Å²) in [6.07, 6.45) is 1.99. The lowest BCUT2D eigenvalue weighted by Crippen LogP contribution is -2.09. The number of ether oxygens (including phenoxy) is 1. The monoisotopic (exact) mass is 346 g/mol. The van der Waals surface area contributed by atoms with Crippen LogP contribution in [0, 0.1) is 5.82 Å². The fourth-order valence-corrected chi connectivity index (χ4v) is 3.06. The molecule has 1 aromatic heterocycles. The molecule has 126 valence electrons. The van der Waals surface area contributed by atoms with Crippen LogP contribution >= 0.6 is 11.6 Å². The van der Waals surface area contributed by atoms with E-state index < -0.39 is 0 Å². The van der Waals surface area contributed by atoms with Crippen molar-refractivity contribution in [1.29, 1.82) is 0 Å². The van der Waals surface area contributed by atoms with E-state index in [-0.39, 0.29) is 24.1 Å². The van der Waals surface area contributed by atoms with Crippen LogP contribution in [0.25, 0.3) is 10.9 Å². The van der Waals surface area contributed by atoms with Crippen LogP contribution < -0.4 is 10.5 Å². The minimum Gasteiger partial charge on any atom is -0.485 e. The van der Waals surface area contributed by atoms with Crippen molar-refractivity contribution >= 4 is 22.5 Å². The molecule has 0 spiro atoms. The number of nitrogens with two attached hydrogens (primary N) is 1. The van der Waals surface area contributed by atoms with E-state index >= 15 is 0 Å². The van der Waals surface area contributed by atoms with Crippen LogP contribution in [-0.2, 0) is 13.7 Å². The van der Waals surface area contributed by atoms with Crippen LogP contribution in [-0.4, -0.2) is 11.1 Å². The first kappa shape index (κ1) is 16.8. The maximum atomic E-state index is 14.5. The Balaban J connectivity index is 2.06. The lowest BCUT2D eigenvalue weighted by molar-refractivity contribution is 0.294. The fraction of sp³-hybridized carbons (Fsp3) is 0.263. The molecule has 0 saturated heterocycles. The first-order chi connectivity index (χ1) is 11.5. The van der Waals surface area contributed by atoms with Gasteiger partial charge in [0.05, 0.1) is 5.52 Å². The summed E-state index contributed by atoms with van der Waals surface area (Å²) in [4.78, 5) is 0. The Morgan fingerprint density at radius 2 is 2.00 bits per heavy atom. The van der Waals surface area contributed by atoms with E-state index in [1.807, 2.05) is 42.9 Å². The number of nitrogens with zero attached hydrogens (tertiary/aromatic N) is 1. The SMILES string of the molecule is CC(CN)c1cn(C)c2ccc(F)c(OCc3ccccc3Cl)c12. The van der Waals surface area contributed by atoms with Crippen molar-refractivity contribution in [2.75, 3.05) is 6.54 Å². The molecule has 0 aliphatic carbocycles. The second-order valence-corrected chi connectivity index (χ2v) is 6.39. The number of halogens is 2. The van der Waals surface area contributed by atoms with Gasteiger partial charge in [-0.3, -0.25) is 0 Å². The summed E-state index contributed by atoms with van der Waals surface area (Å²) in [6.45, 7) is 2.72. The highest BCUT2D eigenvalue weighted by molar-refractivity contribution is 6.31. The van der Waals surface area contributed by atoms with Gasteiger partial charge in [-0.15, -0.1) is 0 Å². The molecule has 0 aliphatic heterocycles. The molecule has 0 amide bonds. The third kappa shape index (κ3) is 2.99. The van der Waals surface area contributed by atoms with Gasteiger partial charge >= 0.3 is 0 Å². The van der Waals surface area contributed by atoms with Gasteiger partial charge in [-0.05, 0) is 36.2 Å². The summed E-state index contributed by atoms with van der Waals surface area (Å²) >= 11 is 6.16. The predicted octanol–water partition coefficient (Wildman–Crippen LogP) is 4.61. The van der Waals surface area contributed by atoms with Gasteiger partial charge in [0.15, 0.2) is 11.6 Å². The van der Waals surface area contributed by atoms with Gasteiger partial charge < -0.3 is 15.0 Å². The van der Waals surface area contributed by atoms with Gasteiger partial charge in [0.25, 0.3) is 0 Å². The van der Waals surface area contributed by atoms with Crippen LogP contribution in [0.2, 0.25) is 5.02 Å². The van der Waals surface area contributed by atoms with E-state index in [4.69, 9.17) is 22.1 Å². The number of benzene rings is 2. The maximum Gasteiger partial charge on any atom is 0.165 e. The standard InChI is InChI=1S/C19H20ClFN2O/c1-12(9-22)14-10-23(2)17-8-7-16(21)19(18(14)17)24-11-13-5-3-4-6-15(13)20/h3-8,10,12H,9,11,22H2,1-2H3. The smallest absolute Gasteiger partial charge is 0.165 e. The highest BCUT2D eigenvalue weighted by Crippen LogP contribution is 2.36. The predicted molar refractivity (Wildman–Crippen MR) is 96.1 cm³/mol. The Morgan fingerprint density at radius 1 is 1.25 bits per heavy atom. The van der Waals surface area contributed by atoms with Crippen LogP contribution in [0.1, 0.15) is 24.0 Å². The third-order valence-electron chi connectivity index (χ3n) is 4.30. The molecule has 0 saturated carbocycles. The molecule has 0 radical (unpaired) electrons. The Hall–Kier alpha value is -2.04. The molecule has 1 atom stereocenters. The third-order valence-corrected chi connectivity index (χ3v) is 4.67. The van der Waals surface area contributed by atoms with Gasteiger partial charge in [-0.1, -0.05) is 36.7 Å². The normalized spacial score (nSPS) is 12.5. The zero-order valence-electron chi connectivity index (χ0n) is 13.7. The second-order valence-electron chi connectivity index (χ2n) is 5.98. The van der Waals surface area contributed by atoms with Crippen molar-refractivity contribution in [2.45, 2.75) is 19.4 Å². The molecule has 1 heterocycles. The van der Waals surface area contributed by atoms with Crippen molar-refractivity contribution in [3.05, 3.63) is 64.6 Å². The Kier molecular flexibility index (Phi) is 4.78. The zero-order valence-corrected chi connectivity index (χ0v) is 14.5. The summed E-state index contributed by atoms with van der Waals surface area (Å²) in [5.74, 6) is -0.0206. The van der Waals surface area contributed by atoms with Crippen LogP contribution in [0.3, 0.4) is 0 Å². The molecule has 1 unspecified atom stereocenters. The van der Waals surface area contributed by atoms with E-state index in [1.54, 1.807) is 12.1 Å². The first-order valence-electron chi connectivity index (χ1n) is 7.86. The molecule has 5 heteroatoms. The molecule has 24 heavy (non-hydrogen) atoms. The van der Waals surface area contributed by atoms with Gasteiger partial charge in [0.1, 0.15) is 6.61 Å². The van der Waals surface area contributed by atoms with E-state index in [0.717, 1.165) is 22.0 Å². The average Bonchev–Trinajstić information content (AvgIpc) is 2.91. The Bertz CT molecular complexity index is 875. The van der Waals surface area contributed by atoms with Gasteiger partial charge in [0, 0.05) is 29.2 Å². The van der Waals surface area contributed by atoms with E-state index in [0.29, 0.717) is 11.6 Å². The van der Waals surface area contributed by atoms with Crippen molar-refractivity contribution in [3.8, 4) is 5.75 Å². The highest BCUT2D eigenvalue weighted by Gasteiger charge is 2.19. The average molecular weight is 347 g/mol. The van der Waals surface area contributed by atoms with E-state index in [2.05, 4.69) is 0 Å². The number of hydrogen-bond acceptors (Lipinski definition) is 2. The highest BCUT2D eigenvalue weighted by atomic mass is 35.5. The molecule has 2 aromatic carbocycles. The molecule has 0 bridgehead atoms. The number of aromatic nitrogens is 1. The minimum absolute atomic E-state index is 0.109. The zero-order chi connectivity index (χ0) is 17.3. The lowest BCUT2D eigenvalue weighted by atomic mass is 10.00. The topological polar surface area (TPSA) is 40.2 Å². The van der Waals surface area contributed by atoms with Crippen LogP contribution in [0.15, 0.2) is 42.6 Å². The summed E-state index contributed by atoms with van der Waals surface area (Å²) in [6, 6.07) is 10.6. The lowest BCUT2D eigenvalue weighted by Gasteiger charge is -2.13. The summed E-state index contributed by atoms with van der Waals surface area (Å²) in [5, 5.41) is 1.39. The summed E-state index contributed by atoms with van der Waals surface area (Å²) < 4.78 is 22.3. The van der Waals surface area contributed by atoms with Gasteiger partial charge in [-0.2, -0.15) is 0 Å². The Morgan fingerprint density at radius 3 is 2.71 bits per heavy atom. The van der Waals surface area contributed by atoms with Crippen molar-refractivity contribution in [1.82, 2.24) is 4.57 Å². The largest absolute Gasteiger partial charge is 0.485 e. The van der Waals surface area contributed by atoms with Gasteiger partial charge in [-0.25, -0.2) is 4.39 Å². The molecule has 3 rings (SSSR count). The number of fused-ring (bicyclic) bond motifs is 1. The van der Waals surface area contributed by atoms with Gasteiger partial charge in [0.2, 0.25) is 0 Å². The molecule has 2 N–H and O–H groups in total.